The molecular formula is C15H25NO2S. The van der Waals surface area contributed by atoms with Crippen LogP contribution in [0, 0.1) is 0 Å². The third-order valence-corrected chi connectivity index (χ3v) is 4.68. The first-order chi connectivity index (χ1) is 9.14. The molecule has 2 unspecified atom stereocenters. The van der Waals surface area contributed by atoms with Crippen molar-refractivity contribution < 1.29 is 9.47 Å². The van der Waals surface area contributed by atoms with Gasteiger partial charge in [-0.3, -0.25) is 0 Å². The molecule has 0 aliphatic rings. The Kier molecular flexibility index (Phi) is 7.10. The SMILES string of the molecule is CCC(C)SCC(NC)c1cc(OC)cc(OC)c1. The van der Waals surface area contributed by atoms with Crippen molar-refractivity contribution in [1.82, 2.24) is 5.32 Å². The van der Waals surface area contributed by atoms with Crippen LogP contribution in [0.25, 0.3) is 0 Å². The van der Waals surface area contributed by atoms with Gasteiger partial charge in [0.2, 0.25) is 0 Å². The Morgan fingerprint density at radius 1 is 1.16 bits per heavy atom. The molecule has 4 heteroatoms. The molecule has 1 rings (SSSR count). The van der Waals surface area contributed by atoms with E-state index >= 15 is 0 Å². The van der Waals surface area contributed by atoms with Crippen LogP contribution < -0.4 is 14.8 Å². The van der Waals surface area contributed by atoms with Gasteiger partial charge in [0, 0.05) is 23.1 Å². The molecule has 0 aromatic heterocycles. The quantitative estimate of drug-likeness (QED) is 0.791. The van der Waals surface area contributed by atoms with Crippen molar-refractivity contribution in [3.05, 3.63) is 23.8 Å². The third-order valence-electron chi connectivity index (χ3n) is 3.25. The van der Waals surface area contributed by atoms with Gasteiger partial charge >= 0.3 is 0 Å². The monoisotopic (exact) mass is 283 g/mol. The zero-order valence-electron chi connectivity index (χ0n) is 12.5. The number of ether oxygens (including phenoxy) is 2. The molecule has 1 N–H and O–H groups in total. The highest BCUT2D eigenvalue weighted by atomic mass is 32.2. The fraction of sp³-hybridized carbons (Fsp3) is 0.600. The summed E-state index contributed by atoms with van der Waals surface area (Å²) in [6.45, 7) is 4.49. The van der Waals surface area contributed by atoms with Crippen molar-refractivity contribution in [3.63, 3.8) is 0 Å². The number of benzene rings is 1. The molecule has 0 bridgehead atoms. The Morgan fingerprint density at radius 2 is 1.74 bits per heavy atom. The van der Waals surface area contributed by atoms with Crippen molar-refractivity contribution >= 4 is 11.8 Å². The lowest BCUT2D eigenvalue weighted by Gasteiger charge is -2.20. The Bertz CT molecular complexity index is 362. The molecule has 1 aromatic rings. The first-order valence-electron chi connectivity index (χ1n) is 6.66. The van der Waals surface area contributed by atoms with E-state index in [-0.39, 0.29) is 0 Å². The minimum Gasteiger partial charge on any atom is -0.497 e. The molecule has 0 radical (unpaired) electrons. The maximum Gasteiger partial charge on any atom is 0.122 e. The molecule has 3 nitrogen and oxygen atoms in total. The number of nitrogens with one attached hydrogen (secondary N) is 1. The summed E-state index contributed by atoms with van der Waals surface area (Å²) in [5, 5.41) is 4.05. The lowest BCUT2D eigenvalue weighted by Crippen LogP contribution is -2.20. The van der Waals surface area contributed by atoms with Gasteiger partial charge in [0.1, 0.15) is 11.5 Å². The predicted octanol–water partition coefficient (Wildman–Crippen LogP) is 3.50. The summed E-state index contributed by atoms with van der Waals surface area (Å²) in [7, 11) is 5.36. The van der Waals surface area contributed by atoms with E-state index in [4.69, 9.17) is 9.47 Å². The third kappa shape index (κ3) is 4.96. The molecule has 2 atom stereocenters. The second kappa shape index (κ2) is 8.33. The maximum atomic E-state index is 5.32. The molecule has 0 fully saturated rings. The molecule has 1 aromatic carbocycles. The van der Waals surface area contributed by atoms with E-state index in [1.54, 1.807) is 14.2 Å². The van der Waals surface area contributed by atoms with E-state index in [0.29, 0.717) is 11.3 Å². The first kappa shape index (κ1) is 16.2. The summed E-state index contributed by atoms with van der Waals surface area (Å²) in [6.07, 6.45) is 1.20. The van der Waals surface area contributed by atoms with Gasteiger partial charge in [0.15, 0.2) is 0 Å². The van der Waals surface area contributed by atoms with Gasteiger partial charge in [-0.25, -0.2) is 0 Å². The van der Waals surface area contributed by atoms with Gasteiger partial charge < -0.3 is 14.8 Å². The summed E-state index contributed by atoms with van der Waals surface area (Å²) in [5.41, 5.74) is 1.20. The molecular weight excluding hydrogens is 258 g/mol. The van der Waals surface area contributed by atoms with Crippen LogP contribution in [0.15, 0.2) is 18.2 Å². The molecule has 0 spiro atoms. The van der Waals surface area contributed by atoms with E-state index in [0.717, 1.165) is 17.3 Å². The average molecular weight is 283 g/mol. The second-order valence-corrected chi connectivity index (χ2v) is 6.01. The van der Waals surface area contributed by atoms with E-state index in [1.807, 2.05) is 24.9 Å². The lowest BCUT2D eigenvalue weighted by atomic mass is 10.1. The zero-order valence-corrected chi connectivity index (χ0v) is 13.3. The highest BCUT2D eigenvalue weighted by molar-refractivity contribution is 7.99. The summed E-state index contributed by atoms with van der Waals surface area (Å²) in [4.78, 5) is 0. The second-order valence-electron chi connectivity index (χ2n) is 4.54. The van der Waals surface area contributed by atoms with Crippen molar-refractivity contribution in [2.24, 2.45) is 0 Å². The van der Waals surface area contributed by atoms with E-state index in [9.17, 15) is 0 Å². The largest absolute Gasteiger partial charge is 0.497 e. The smallest absolute Gasteiger partial charge is 0.122 e. The van der Waals surface area contributed by atoms with Crippen molar-refractivity contribution in [3.8, 4) is 11.5 Å². The Labute approximate surface area is 121 Å². The standard InChI is InChI=1S/C15H25NO2S/c1-6-11(2)19-10-15(16-3)12-7-13(17-4)9-14(8-12)18-5/h7-9,11,15-16H,6,10H2,1-5H3. The van der Waals surface area contributed by atoms with Gasteiger partial charge in [-0.05, 0) is 31.2 Å². The van der Waals surface area contributed by atoms with Gasteiger partial charge in [-0.15, -0.1) is 0 Å². The number of hydrogen-bond acceptors (Lipinski definition) is 4. The molecule has 108 valence electrons. The molecule has 0 saturated heterocycles. The summed E-state index contributed by atoms with van der Waals surface area (Å²) >= 11 is 1.99. The summed E-state index contributed by atoms with van der Waals surface area (Å²) < 4.78 is 10.6. The van der Waals surface area contributed by atoms with Crippen LogP contribution in [-0.2, 0) is 0 Å². The molecule has 0 saturated carbocycles. The molecule has 0 amide bonds. The molecule has 0 aliphatic heterocycles. The molecule has 0 aliphatic carbocycles. The van der Waals surface area contributed by atoms with E-state index in [1.165, 1.54) is 12.0 Å². The van der Waals surface area contributed by atoms with Crippen molar-refractivity contribution in [2.75, 3.05) is 27.0 Å². The van der Waals surface area contributed by atoms with E-state index in [2.05, 4.69) is 31.3 Å². The zero-order chi connectivity index (χ0) is 14.3. The van der Waals surface area contributed by atoms with Crippen molar-refractivity contribution in [1.29, 1.82) is 0 Å². The predicted molar refractivity (Wildman–Crippen MR) is 83.6 cm³/mol. The minimum atomic E-state index is 0.308. The number of thioether (sulfide) groups is 1. The van der Waals surface area contributed by atoms with Gasteiger partial charge in [-0.1, -0.05) is 13.8 Å². The molecule has 19 heavy (non-hydrogen) atoms. The van der Waals surface area contributed by atoms with Crippen LogP contribution in [0.3, 0.4) is 0 Å². The van der Waals surface area contributed by atoms with Gasteiger partial charge in [0.25, 0.3) is 0 Å². The van der Waals surface area contributed by atoms with Crippen LogP contribution in [0.1, 0.15) is 31.9 Å². The van der Waals surface area contributed by atoms with Gasteiger partial charge in [-0.2, -0.15) is 11.8 Å². The number of methoxy groups -OCH3 is 2. The fourth-order valence-corrected chi connectivity index (χ4v) is 2.87. The Hall–Kier alpha value is -0.870. The highest BCUT2D eigenvalue weighted by Gasteiger charge is 2.13. The Balaban J connectivity index is 2.84. The van der Waals surface area contributed by atoms with Crippen LogP contribution in [0.5, 0.6) is 11.5 Å². The van der Waals surface area contributed by atoms with Crippen molar-refractivity contribution in [2.45, 2.75) is 31.6 Å². The fourth-order valence-electron chi connectivity index (χ4n) is 1.76. The highest BCUT2D eigenvalue weighted by Crippen LogP contribution is 2.29. The van der Waals surface area contributed by atoms with E-state index < -0.39 is 0 Å². The number of rotatable bonds is 8. The first-order valence-corrected chi connectivity index (χ1v) is 7.71. The maximum absolute atomic E-state index is 5.32. The van der Waals surface area contributed by atoms with Crippen LogP contribution in [0.4, 0.5) is 0 Å². The van der Waals surface area contributed by atoms with Gasteiger partial charge in [0.05, 0.1) is 14.2 Å². The number of hydrogen-bond donors (Lipinski definition) is 1. The summed E-state index contributed by atoms with van der Waals surface area (Å²) in [5.74, 6) is 2.72. The lowest BCUT2D eigenvalue weighted by molar-refractivity contribution is 0.392. The topological polar surface area (TPSA) is 30.5 Å². The summed E-state index contributed by atoms with van der Waals surface area (Å²) in [6, 6.07) is 6.35. The average Bonchev–Trinajstić information content (AvgIpc) is 2.46. The normalized spacial score (nSPS) is 13.9. The Morgan fingerprint density at radius 3 is 2.16 bits per heavy atom. The van der Waals surface area contributed by atoms with Crippen LogP contribution >= 0.6 is 11.8 Å². The van der Waals surface area contributed by atoms with Crippen LogP contribution in [-0.4, -0.2) is 32.3 Å². The van der Waals surface area contributed by atoms with Crippen LogP contribution in [0.2, 0.25) is 0 Å². The molecule has 0 heterocycles. The minimum absolute atomic E-state index is 0.308.